The van der Waals surface area contributed by atoms with Crippen molar-refractivity contribution in [3.63, 3.8) is 0 Å². The Morgan fingerprint density at radius 2 is 1.83 bits per heavy atom. The smallest absolute Gasteiger partial charge is 0.265 e. The minimum Gasteiger partial charge on any atom is -0.377 e. The summed E-state index contributed by atoms with van der Waals surface area (Å²) in [6.07, 6.45) is 3.78. The Labute approximate surface area is 183 Å². The first kappa shape index (κ1) is 24.6. The number of hydrogen-bond acceptors (Lipinski definition) is 3. The van der Waals surface area contributed by atoms with E-state index in [2.05, 4.69) is 65.9 Å². The Balaban J connectivity index is 2.13. The van der Waals surface area contributed by atoms with E-state index < -0.39 is 0 Å². The number of nitrogens with one attached hydrogen (secondary N) is 1. The van der Waals surface area contributed by atoms with Crippen molar-refractivity contribution >= 4 is 11.6 Å². The van der Waals surface area contributed by atoms with E-state index in [1.807, 2.05) is 25.1 Å². The first-order valence-electron chi connectivity index (χ1n) is 11.3. The summed E-state index contributed by atoms with van der Waals surface area (Å²) in [6, 6.07) is 10.2. The lowest BCUT2D eigenvalue weighted by Gasteiger charge is -2.41. The van der Waals surface area contributed by atoms with Crippen LogP contribution >= 0.6 is 0 Å². The lowest BCUT2D eigenvalue weighted by Crippen LogP contribution is -2.44. The quantitative estimate of drug-likeness (QED) is 0.571. The van der Waals surface area contributed by atoms with Gasteiger partial charge in [0.2, 0.25) is 0 Å². The fraction of sp³-hybridized carbons (Fsp3) is 0.692. The topological polar surface area (TPSA) is 50.7 Å². The first-order valence-corrected chi connectivity index (χ1v) is 11.3. The number of nitrogens with zero attached hydrogens (tertiary/aromatic N) is 1. The van der Waals surface area contributed by atoms with Crippen LogP contribution in [0.25, 0.3) is 0 Å². The molecule has 3 unspecified atom stereocenters. The highest BCUT2D eigenvalue weighted by Crippen LogP contribution is 2.36. The average molecular weight is 415 g/mol. The van der Waals surface area contributed by atoms with Gasteiger partial charge in [-0.2, -0.15) is 0 Å². The zero-order valence-electron chi connectivity index (χ0n) is 20.3. The predicted octanol–water partition coefficient (Wildman–Crippen LogP) is 6.11. The molecule has 0 aliphatic carbocycles. The van der Waals surface area contributed by atoms with Crippen molar-refractivity contribution in [3.05, 3.63) is 35.9 Å². The van der Waals surface area contributed by atoms with E-state index >= 15 is 0 Å². The summed E-state index contributed by atoms with van der Waals surface area (Å²) in [5.74, 6) is -0.0715. The van der Waals surface area contributed by atoms with Crippen LogP contribution in [-0.2, 0) is 9.53 Å². The Hall–Kier alpha value is -1.68. The number of rotatable bonds is 6. The Morgan fingerprint density at radius 3 is 2.40 bits per heavy atom. The van der Waals surface area contributed by atoms with Gasteiger partial charge in [-0.05, 0) is 55.9 Å². The lowest BCUT2D eigenvalue weighted by atomic mass is 9.78. The Kier molecular flexibility index (Phi) is 7.90. The normalized spacial score (nSPS) is 24.4. The maximum atomic E-state index is 13.1. The SMILES string of the molecule is CC(=NC1(C)CCOC(C(C)(C)C)C1)C(=O)NC(CCC(C)(C)C)c1ccccc1. The molecule has 0 aromatic heterocycles. The van der Waals surface area contributed by atoms with Crippen molar-refractivity contribution in [1.29, 1.82) is 0 Å². The standard InChI is InChI=1S/C26H42N2O2/c1-19(28-26(8)16-17-30-22(18-26)25(5,6)7)23(29)27-21(14-15-24(2,3)4)20-12-10-9-11-13-20/h9-13,21-22H,14-18H2,1-8H3,(H,27,29). The second kappa shape index (κ2) is 9.64. The number of carbonyl (C=O) groups excluding carboxylic acids is 1. The highest BCUT2D eigenvalue weighted by Gasteiger charge is 2.38. The van der Waals surface area contributed by atoms with Gasteiger partial charge in [0.25, 0.3) is 5.91 Å². The van der Waals surface area contributed by atoms with E-state index in [4.69, 9.17) is 9.73 Å². The van der Waals surface area contributed by atoms with Gasteiger partial charge in [-0.15, -0.1) is 0 Å². The Bertz CT molecular complexity index is 728. The van der Waals surface area contributed by atoms with Gasteiger partial charge in [0, 0.05) is 6.61 Å². The van der Waals surface area contributed by atoms with E-state index in [9.17, 15) is 4.79 Å². The maximum absolute atomic E-state index is 13.1. The van der Waals surface area contributed by atoms with Crippen LogP contribution in [0.1, 0.15) is 92.7 Å². The largest absolute Gasteiger partial charge is 0.377 e. The van der Waals surface area contributed by atoms with Crippen molar-refractivity contribution in [2.24, 2.45) is 15.8 Å². The van der Waals surface area contributed by atoms with E-state index in [0.717, 1.165) is 31.2 Å². The monoisotopic (exact) mass is 414 g/mol. The van der Waals surface area contributed by atoms with Crippen LogP contribution in [0.15, 0.2) is 35.3 Å². The molecule has 1 aliphatic heterocycles. The molecule has 0 spiro atoms. The molecule has 4 nitrogen and oxygen atoms in total. The molecule has 1 N–H and O–H groups in total. The summed E-state index contributed by atoms with van der Waals surface area (Å²) in [5, 5.41) is 3.25. The number of hydrogen-bond donors (Lipinski definition) is 1. The van der Waals surface area contributed by atoms with Crippen LogP contribution in [0.2, 0.25) is 0 Å². The molecule has 1 aromatic rings. The van der Waals surface area contributed by atoms with E-state index in [1.165, 1.54) is 0 Å². The molecule has 4 heteroatoms. The number of aliphatic imine (C=N–C) groups is 1. The summed E-state index contributed by atoms with van der Waals surface area (Å²) in [4.78, 5) is 18.0. The minimum atomic E-state index is -0.259. The van der Waals surface area contributed by atoms with Gasteiger partial charge in [0.1, 0.15) is 0 Å². The van der Waals surface area contributed by atoms with Gasteiger partial charge in [-0.25, -0.2) is 0 Å². The molecule has 1 amide bonds. The van der Waals surface area contributed by atoms with Crippen LogP contribution < -0.4 is 5.32 Å². The van der Waals surface area contributed by atoms with Crippen LogP contribution in [0.4, 0.5) is 0 Å². The highest BCUT2D eigenvalue weighted by atomic mass is 16.5. The fourth-order valence-corrected chi connectivity index (χ4v) is 3.94. The van der Waals surface area contributed by atoms with Gasteiger partial charge in [0.15, 0.2) is 0 Å². The molecule has 1 aliphatic rings. The molecule has 3 atom stereocenters. The van der Waals surface area contributed by atoms with E-state index in [0.29, 0.717) is 12.3 Å². The Morgan fingerprint density at radius 1 is 1.20 bits per heavy atom. The predicted molar refractivity (Wildman–Crippen MR) is 126 cm³/mol. The highest BCUT2D eigenvalue weighted by molar-refractivity contribution is 6.38. The van der Waals surface area contributed by atoms with Crippen LogP contribution in [0.3, 0.4) is 0 Å². The summed E-state index contributed by atoms with van der Waals surface area (Å²) in [5.41, 5.74) is 1.74. The molecule has 0 radical (unpaired) electrons. The third kappa shape index (κ3) is 7.54. The molecule has 0 bridgehead atoms. The summed E-state index contributed by atoms with van der Waals surface area (Å²) < 4.78 is 6.00. The molecule has 30 heavy (non-hydrogen) atoms. The molecular weight excluding hydrogens is 372 g/mol. The van der Waals surface area contributed by atoms with Gasteiger partial charge in [-0.3, -0.25) is 9.79 Å². The number of benzene rings is 1. The van der Waals surface area contributed by atoms with Gasteiger partial charge < -0.3 is 10.1 Å². The van der Waals surface area contributed by atoms with Gasteiger partial charge >= 0.3 is 0 Å². The molecule has 0 saturated carbocycles. The molecule has 1 heterocycles. The van der Waals surface area contributed by atoms with Crippen molar-refractivity contribution in [2.75, 3.05) is 6.61 Å². The van der Waals surface area contributed by atoms with Crippen molar-refractivity contribution in [3.8, 4) is 0 Å². The summed E-state index contributed by atoms with van der Waals surface area (Å²) in [7, 11) is 0. The van der Waals surface area contributed by atoms with Gasteiger partial charge in [0.05, 0.1) is 23.4 Å². The molecule has 2 rings (SSSR count). The van der Waals surface area contributed by atoms with Crippen LogP contribution in [-0.4, -0.2) is 29.9 Å². The molecule has 1 aromatic carbocycles. The molecule has 1 fully saturated rings. The molecule has 168 valence electrons. The fourth-order valence-electron chi connectivity index (χ4n) is 3.94. The second-order valence-electron chi connectivity index (χ2n) is 11.4. The molecule has 1 saturated heterocycles. The van der Waals surface area contributed by atoms with Crippen LogP contribution in [0, 0.1) is 10.8 Å². The third-order valence-electron chi connectivity index (χ3n) is 6.01. The minimum absolute atomic E-state index is 0.00658. The van der Waals surface area contributed by atoms with Crippen molar-refractivity contribution < 1.29 is 9.53 Å². The summed E-state index contributed by atoms with van der Waals surface area (Å²) >= 11 is 0. The second-order valence-corrected chi connectivity index (χ2v) is 11.4. The molecular formula is C26H42N2O2. The van der Waals surface area contributed by atoms with Crippen molar-refractivity contribution in [1.82, 2.24) is 5.32 Å². The number of amides is 1. The zero-order chi connectivity index (χ0) is 22.6. The van der Waals surface area contributed by atoms with Gasteiger partial charge in [-0.1, -0.05) is 71.9 Å². The van der Waals surface area contributed by atoms with Crippen LogP contribution in [0.5, 0.6) is 0 Å². The average Bonchev–Trinajstić information content (AvgIpc) is 2.63. The number of carbonyl (C=O) groups is 1. The zero-order valence-corrected chi connectivity index (χ0v) is 20.3. The van der Waals surface area contributed by atoms with E-state index in [-0.39, 0.29) is 34.4 Å². The first-order chi connectivity index (χ1) is 13.8. The number of ether oxygens (including phenoxy) is 1. The third-order valence-corrected chi connectivity index (χ3v) is 6.01. The van der Waals surface area contributed by atoms with E-state index in [1.54, 1.807) is 0 Å². The maximum Gasteiger partial charge on any atom is 0.265 e. The summed E-state index contributed by atoms with van der Waals surface area (Å²) in [6.45, 7) is 18.0. The lowest BCUT2D eigenvalue weighted by molar-refractivity contribution is -0.115. The van der Waals surface area contributed by atoms with Crippen molar-refractivity contribution in [2.45, 2.75) is 98.8 Å².